The molecule has 1 N–H and O–H groups in total. The molecule has 6 aliphatic rings. The summed E-state index contributed by atoms with van der Waals surface area (Å²) in [4.78, 5) is 34.0. The van der Waals surface area contributed by atoms with E-state index in [1.54, 1.807) is 5.56 Å². The monoisotopic (exact) mass is 771 g/mol. The van der Waals surface area contributed by atoms with Crippen molar-refractivity contribution in [3.8, 4) is 0 Å². The van der Waals surface area contributed by atoms with Gasteiger partial charge in [0.2, 0.25) is 0 Å². The van der Waals surface area contributed by atoms with Crippen LogP contribution in [0.25, 0.3) is 21.8 Å². The summed E-state index contributed by atoms with van der Waals surface area (Å²) in [6.07, 6.45) is 26.3. The predicted octanol–water partition coefficient (Wildman–Crippen LogP) is 11.5. The van der Waals surface area contributed by atoms with E-state index in [1.807, 2.05) is 6.07 Å². The first-order chi connectivity index (χ1) is 27.8. The Kier molecular flexibility index (Phi) is 11.6. The molecule has 2 unspecified atom stereocenters. The number of nitrogens with zero attached hydrogens (tertiary/aromatic N) is 3. The third kappa shape index (κ3) is 8.09. The molecule has 57 heavy (non-hydrogen) atoms. The van der Waals surface area contributed by atoms with Gasteiger partial charge < -0.3 is 19.4 Å². The summed E-state index contributed by atoms with van der Waals surface area (Å²) in [6, 6.07) is 12.8. The number of fused-ring (bicyclic) bond motifs is 6. The van der Waals surface area contributed by atoms with Crippen molar-refractivity contribution >= 4 is 33.6 Å². The third-order valence-corrected chi connectivity index (χ3v) is 16.1. The minimum atomic E-state index is 0.225. The van der Waals surface area contributed by atoms with E-state index >= 15 is 0 Å². The van der Waals surface area contributed by atoms with E-state index < -0.39 is 0 Å². The summed E-state index contributed by atoms with van der Waals surface area (Å²) in [7, 11) is 2.22. The van der Waals surface area contributed by atoms with Crippen LogP contribution in [0.5, 0.6) is 0 Å². The number of aromatic amines is 1. The lowest BCUT2D eigenvalue weighted by Crippen LogP contribution is -2.37. The zero-order valence-electron chi connectivity index (χ0n) is 35.6. The molecule has 2 amide bonds. The number of amides is 2. The molecule has 4 heterocycles. The van der Waals surface area contributed by atoms with Crippen LogP contribution < -0.4 is 0 Å². The first-order valence-electron chi connectivity index (χ1n) is 23.6. The number of rotatable bonds is 4. The van der Waals surface area contributed by atoms with Crippen LogP contribution in [0.4, 0.5) is 0 Å². The van der Waals surface area contributed by atoms with Gasteiger partial charge in [-0.2, -0.15) is 0 Å². The molecule has 0 radical (unpaired) electrons. The number of H-pyrrole nitrogens is 1. The van der Waals surface area contributed by atoms with Crippen molar-refractivity contribution in [2.24, 2.45) is 42.6 Å². The second kappa shape index (κ2) is 17.0. The largest absolute Gasteiger partial charge is 0.358 e. The molecule has 4 aliphatic carbocycles. The van der Waals surface area contributed by atoms with Gasteiger partial charge in [0.1, 0.15) is 0 Å². The molecule has 6 nitrogen and oxygen atoms in total. The minimum absolute atomic E-state index is 0.225. The van der Waals surface area contributed by atoms with Crippen LogP contribution in [-0.2, 0) is 32.7 Å². The number of nitrogens with one attached hydrogen (secondary N) is 1. The van der Waals surface area contributed by atoms with Gasteiger partial charge in [-0.3, -0.25) is 9.59 Å². The third-order valence-electron chi connectivity index (χ3n) is 16.1. The Morgan fingerprint density at radius 1 is 0.561 bits per heavy atom. The van der Waals surface area contributed by atoms with Crippen LogP contribution >= 0.6 is 0 Å². The predicted molar refractivity (Wildman–Crippen MR) is 234 cm³/mol. The van der Waals surface area contributed by atoms with Crippen LogP contribution in [0.3, 0.4) is 0 Å². The molecule has 2 atom stereocenters. The fourth-order valence-electron chi connectivity index (χ4n) is 12.3. The quantitative estimate of drug-likeness (QED) is 0.225. The number of hydrogen-bond acceptors (Lipinski definition) is 2. The molecule has 0 bridgehead atoms. The number of benzene rings is 2. The van der Waals surface area contributed by atoms with Crippen molar-refractivity contribution in [1.29, 1.82) is 0 Å². The van der Waals surface area contributed by atoms with E-state index in [-0.39, 0.29) is 11.8 Å². The van der Waals surface area contributed by atoms with Crippen LogP contribution in [0.15, 0.2) is 36.4 Å². The standard InChI is InChI=1S/C26H36N2O.C25H34N2O/c1-18-12-14-28(15-13-18)26(29)21-9-11-25-23(17-21)22-16-20(8-10-24(22)27(25)2)19-6-4-3-5-7-19;1-17-11-13-27(14-12-17)25(28)20-8-10-24-22(16-20)21-15-19(7-9-23(21)26-24)18-5-3-2-4-6-18/h9,11,17-20H,3-8,10,12-16H2,1-2H3;8,10,16-19,26H,2-7,9,11-15H2,1H3. The van der Waals surface area contributed by atoms with Crippen molar-refractivity contribution < 1.29 is 9.59 Å². The second-order valence-electron chi connectivity index (χ2n) is 19.8. The van der Waals surface area contributed by atoms with Gasteiger partial charge >= 0.3 is 0 Å². The number of carbonyl (C=O) groups is 2. The molecular weight excluding hydrogens is 701 g/mol. The van der Waals surface area contributed by atoms with Gasteiger partial charge in [-0.15, -0.1) is 0 Å². The van der Waals surface area contributed by atoms with E-state index in [1.165, 1.54) is 141 Å². The number of carbonyl (C=O) groups excluding carboxylic acids is 2. The normalized spacial score (nSPS) is 24.3. The van der Waals surface area contributed by atoms with E-state index in [2.05, 4.69) is 70.6 Å². The Bertz CT molecular complexity index is 2040. The average molecular weight is 771 g/mol. The first-order valence-corrected chi connectivity index (χ1v) is 23.6. The number of hydrogen-bond donors (Lipinski definition) is 1. The Morgan fingerprint density at radius 2 is 1.07 bits per heavy atom. The summed E-state index contributed by atoms with van der Waals surface area (Å²) in [5, 5.41) is 2.66. The highest BCUT2D eigenvalue weighted by Crippen LogP contribution is 2.42. The molecule has 2 aromatic heterocycles. The van der Waals surface area contributed by atoms with Crippen LogP contribution in [0.2, 0.25) is 0 Å². The second-order valence-corrected chi connectivity index (χ2v) is 19.8. The first kappa shape index (κ1) is 38.9. The van der Waals surface area contributed by atoms with Crippen molar-refractivity contribution in [3.63, 3.8) is 0 Å². The smallest absolute Gasteiger partial charge is 0.253 e. The molecule has 4 fully saturated rings. The van der Waals surface area contributed by atoms with Gasteiger partial charge in [0.25, 0.3) is 11.8 Å². The van der Waals surface area contributed by atoms with Crippen LogP contribution in [0.1, 0.15) is 160 Å². The number of aryl methyl sites for hydroxylation is 2. The highest BCUT2D eigenvalue weighted by Gasteiger charge is 2.32. The van der Waals surface area contributed by atoms with Crippen molar-refractivity contribution in [2.75, 3.05) is 26.2 Å². The van der Waals surface area contributed by atoms with E-state index in [0.717, 1.165) is 98.5 Å². The Labute approximate surface area is 342 Å². The molecule has 2 aromatic carbocycles. The Balaban J connectivity index is 0.000000148. The van der Waals surface area contributed by atoms with Gasteiger partial charge in [0.05, 0.1) is 0 Å². The van der Waals surface area contributed by atoms with E-state index in [0.29, 0.717) is 0 Å². The molecule has 2 aliphatic heterocycles. The fraction of sp³-hybridized carbons (Fsp3) is 0.647. The zero-order valence-corrected chi connectivity index (χ0v) is 35.6. The zero-order chi connectivity index (χ0) is 39.0. The number of likely N-dealkylation sites (tertiary alicyclic amines) is 2. The van der Waals surface area contributed by atoms with Crippen LogP contribution in [-0.4, -0.2) is 57.3 Å². The molecule has 0 spiro atoms. The highest BCUT2D eigenvalue weighted by molar-refractivity contribution is 6.00. The van der Waals surface area contributed by atoms with Gasteiger partial charge in [0, 0.05) is 77.5 Å². The van der Waals surface area contributed by atoms with Gasteiger partial charge in [-0.25, -0.2) is 0 Å². The lowest BCUT2D eigenvalue weighted by Gasteiger charge is -2.33. The average Bonchev–Trinajstić information content (AvgIpc) is 3.77. The molecule has 2 saturated carbocycles. The fourth-order valence-corrected chi connectivity index (χ4v) is 12.3. The lowest BCUT2D eigenvalue weighted by atomic mass is 9.72. The summed E-state index contributed by atoms with van der Waals surface area (Å²) in [5.74, 6) is 5.49. The number of aromatic nitrogens is 2. The molecular formula is C51H70N4O2. The van der Waals surface area contributed by atoms with Crippen LogP contribution in [0, 0.1) is 35.5 Å². The highest BCUT2D eigenvalue weighted by atomic mass is 16.2. The van der Waals surface area contributed by atoms with E-state index in [4.69, 9.17) is 0 Å². The van der Waals surface area contributed by atoms with E-state index in [9.17, 15) is 9.59 Å². The summed E-state index contributed by atoms with van der Waals surface area (Å²) in [6.45, 7) is 8.24. The summed E-state index contributed by atoms with van der Waals surface area (Å²) in [5.41, 5.74) is 10.3. The topological polar surface area (TPSA) is 61.3 Å². The molecule has 2 saturated heterocycles. The maximum absolute atomic E-state index is 13.2. The van der Waals surface area contributed by atoms with Crippen molar-refractivity contribution in [3.05, 3.63) is 70.0 Å². The van der Waals surface area contributed by atoms with Crippen molar-refractivity contribution in [1.82, 2.24) is 19.4 Å². The maximum Gasteiger partial charge on any atom is 0.253 e. The van der Waals surface area contributed by atoms with Gasteiger partial charge in [0.15, 0.2) is 0 Å². The van der Waals surface area contributed by atoms with Crippen molar-refractivity contribution in [2.45, 2.75) is 142 Å². The minimum Gasteiger partial charge on any atom is -0.358 e. The lowest BCUT2D eigenvalue weighted by molar-refractivity contribution is 0.0689. The molecule has 10 rings (SSSR count). The Morgan fingerprint density at radius 3 is 1.65 bits per heavy atom. The Hall–Kier alpha value is -3.54. The summed E-state index contributed by atoms with van der Waals surface area (Å²) < 4.78 is 2.40. The SMILES string of the molecule is CC1CCN(C(=O)c2ccc3[nH]c4c(c3c2)CC(C2CCCCC2)CC4)CC1.CC1CCN(C(=O)c2ccc3c(c2)c2c(n3C)CCC(C3CCCCC3)C2)CC1. The summed E-state index contributed by atoms with van der Waals surface area (Å²) >= 11 is 0. The van der Waals surface area contributed by atoms with Gasteiger partial charge in [-0.1, -0.05) is 78.1 Å². The molecule has 306 valence electrons. The molecule has 4 aromatic rings. The van der Waals surface area contributed by atoms with Gasteiger partial charge in [-0.05, 0) is 147 Å². The number of piperidine rings is 2. The maximum atomic E-state index is 13.2. The molecule has 6 heteroatoms.